The third kappa shape index (κ3) is 4.32. The molecule has 0 amide bonds. The average Bonchev–Trinajstić information content (AvgIpc) is 2.72. The molecule has 4 unspecified atom stereocenters. The van der Waals surface area contributed by atoms with E-state index in [1.54, 1.807) is 5.57 Å². The zero-order chi connectivity index (χ0) is 14.0. The summed E-state index contributed by atoms with van der Waals surface area (Å²) in [5, 5.41) is 3.66. The highest BCUT2D eigenvalue weighted by Gasteiger charge is 2.36. The molecule has 0 bridgehead atoms. The van der Waals surface area contributed by atoms with Crippen LogP contribution in [-0.2, 0) is 4.74 Å². The van der Waals surface area contributed by atoms with Crippen molar-refractivity contribution in [1.29, 1.82) is 0 Å². The van der Waals surface area contributed by atoms with E-state index >= 15 is 0 Å². The summed E-state index contributed by atoms with van der Waals surface area (Å²) in [6, 6.07) is 0. The van der Waals surface area contributed by atoms with Gasteiger partial charge in [0.25, 0.3) is 0 Å². The van der Waals surface area contributed by atoms with Gasteiger partial charge in [-0.3, -0.25) is 0 Å². The van der Waals surface area contributed by atoms with E-state index in [0.29, 0.717) is 12.0 Å². The zero-order valence-electron chi connectivity index (χ0n) is 13.3. The van der Waals surface area contributed by atoms with Crippen LogP contribution in [-0.4, -0.2) is 24.8 Å². The van der Waals surface area contributed by atoms with Crippen LogP contribution in [0, 0.1) is 17.8 Å². The molecular weight excluding hydrogens is 234 g/mol. The molecule has 1 N–H and O–H groups in total. The fraction of sp³-hybridized carbons (Fsp3) is 0.882. The molecule has 0 aromatic rings. The summed E-state index contributed by atoms with van der Waals surface area (Å²) in [7, 11) is 0. The molecule has 0 spiro atoms. The summed E-state index contributed by atoms with van der Waals surface area (Å²) in [5.41, 5.74) is 1.77. The molecule has 0 saturated carbocycles. The van der Waals surface area contributed by atoms with Gasteiger partial charge in [0, 0.05) is 24.6 Å². The number of hydrogen-bond donors (Lipinski definition) is 1. The average molecular weight is 265 g/mol. The number of rotatable bonds is 3. The van der Waals surface area contributed by atoms with E-state index in [2.05, 4.69) is 46.0 Å². The number of nitrogens with one attached hydrogen (secondary N) is 1. The van der Waals surface area contributed by atoms with Crippen molar-refractivity contribution in [3.8, 4) is 0 Å². The van der Waals surface area contributed by atoms with Crippen LogP contribution in [0.15, 0.2) is 11.6 Å². The van der Waals surface area contributed by atoms with Crippen LogP contribution in [0.3, 0.4) is 0 Å². The first-order chi connectivity index (χ1) is 8.85. The van der Waals surface area contributed by atoms with Gasteiger partial charge < -0.3 is 10.1 Å². The third-order valence-corrected chi connectivity index (χ3v) is 4.45. The Morgan fingerprint density at radius 3 is 2.74 bits per heavy atom. The molecule has 1 aliphatic heterocycles. The topological polar surface area (TPSA) is 21.3 Å². The summed E-state index contributed by atoms with van der Waals surface area (Å²) in [4.78, 5) is 0. The van der Waals surface area contributed by atoms with E-state index in [9.17, 15) is 0 Å². The Morgan fingerprint density at radius 1 is 1.37 bits per heavy atom. The molecule has 2 aliphatic rings. The second kappa shape index (κ2) is 5.97. The van der Waals surface area contributed by atoms with E-state index in [1.165, 1.54) is 19.3 Å². The lowest BCUT2D eigenvalue weighted by atomic mass is 9.77. The van der Waals surface area contributed by atoms with Gasteiger partial charge in [0.2, 0.25) is 0 Å². The van der Waals surface area contributed by atoms with Gasteiger partial charge in [-0.1, -0.05) is 18.6 Å². The Hall–Kier alpha value is -0.340. The summed E-state index contributed by atoms with van der Waals surface area (Å²) in [5.74, 6) is 2.15. The quantitative estimate of drug-likeness (QED) is 0.784. The summed E-state index contributed by atoms with van der Waals surface area (Å²) >= 11 is 0. The van der Waals surface area contributed by atoms with Crippen molar-refractivity contribution in [3.05, 3.63) is 11.6 Å². The van der Waals surface area contributed by atoms with Gasteiger partial charge in [0.05, 0.1) is 6.10 Å². The lowest BCUT2D eigenvalue weighted by molar-refractivity contribution is 0.0311. The molecule has 0 aromatic heterocycles. The maximum Gasteiger partial charge on any atom is 0.0647 e. The Morgan fingerprint density at radius 2 is 2.11 bits per heavy atom. The summed E-state index contributed by atoms with van der Waals surface area (Å²) in [6.07, 6.45) is 6.67. The third-order valence-electron chi connectivity index (χ3n) is 4.45. The molecule has 0 radical (unpaired) electrons. The fourth-order valence-corrected chi connectivity index (χ4v) is 3.68. The lowest BCUT2D eigenvalue weighted by Crippen LogP contribution is -2.42. The van der Waals surface area contributed by atoms with Gasteiger partial charge in [0.1, 0.15) is 0 Å². The smallest absolute Gasteiger partial charge is 0.0647 e. The van der Waals surface area contributed by atoms with E-state index in [-0.39, 0.29) is 5.54 Å². The van der Waals surface area contributed by atoms with Gasteiger partial charge in [0.15, 0.2) is 0 Å². The Balaban J connectivity index is 1.93. The molecule has 2 rings (SSSR count). The molecule has 1 heterocycles. The molecule has 110 valence electrons. The predicted molar refractivity (Wildman–Crippen MR) is 81.2 cm³/mol. The van der Waals surface area contributed by atoms with Crippen molar-refractivity contribution < 1.29 is 4.74 Å². The summed E-state index contributed by atoms with van der Waals surface area (Å²) < 4.78 is 6.10. The van der Waals surface area contributed by atoms with E-state index in [4.69, 9.17) is 4.74 Å². The molecule has 1 fully saturated rings. The van der Waals surface area contributed by atoms with Crippen LogP contribution in [0.5, 0.6) is 0 Å². The van der Waals surface area contributed by atoms with Crippen molar-refractivity contribution in [1.82, 2.24) is 5.32 Å². The Kier molecular flexibility index (Phi) is 4.73. The highest BCUT2D eigenvalue weighted by atomic mass is 16.5. The maximum absolute atomic E-state index is 6.10. The minimum atomic E-state index is 0.211. The normalized spacial score (nSPS) is 36.4. The van der Waals surface area contributed by atoms with E-state index in [0.717, 1.165) is 25.0 Å². The first kappa shape index (κ1) is 15.1. The number of ether oxygens (including phenoxy) is 1. The molecule has 1 saturated heterocycles. The van der Waals surface area contributed by atoms with Crippen LogP contribution in [0.2, 0.25) is 0 Å². The van der Waals surface area contributed by atoms with Crippen molar-refractivity contribution in [3.63, 3.8) is 0 Å². The zero-order valence-corrected chi connectivity index (χ0v) is 13.3. The predicted octanol–water partition coefficient (Wildman–Crippen LogP) is 3.77. The Bertz CT molecular complexity index is 329. The van der Waals surface area contributed by atoms with Gasteiger partial charge in [-0.25, -0.2) is 0 Å². The molecular formula is C17H31NO. The Labute approximate surface area is 119 Å². The molecule has 0 aromatic carbocycles. The van der Waals surface area contributed by atoms with Crippen LogP contribution in [0.25, 0.3) is 0 Å². The maximum atomic E-state index is 6.10. The monoisotopic (exact) mass is 265 g/mol. The highest BCUT2D eigenvalue weighted by Crippen LogP contribution is 2.37. The van der Waals surface area contributed by atoms with Crippen molar-refractivity contribution in [2.75, 3.05) is 13.2 Å². The second-order valence-electron chi connectivity index (χ2n) is 7.71. The standard InChI is InChI=1S/C17H31NO/c1-12-8-13(2)10-15(9-12)16-14(6-7-19-16)11-18-17(3,4)5/h8,12,14-16,18H,6-7,9-11H2,1-5H3. The molecule has 19 heavy (non-hydrogen) atoms. The van der Waals surface area contributed by atoms with Crippen molar-refractivity contribution in [2.45, 2.75) is 65.5 Å². The minimum Gasteiger partial charge on any atom is -0.378 e. The van der Waals surface area contributed by atoms with Gasteiger partial charge in [-0.05, 0) is 58.8 Å². The highest BCUT2D eigenvalue weighted by molar-refractivity contribution is 5.08. The molecule has 2 heteroatoms. The minimum absolute atomic E-state index is 0.211. The van der Waals surface area contributed by atoms with Crippen LogP contribution < -0.4 is 5.32 Å². The van der Waals surface area contributed by atoms with Gasteiger partial charge >= 0.3 is 0 Å². The first-order valence-electron chi connectivity index (χ1n) is 7.89. The van der Waals surface area contributed by atoms with Gasteiger partial charge in [-0.2, -0.15) is 0 Å². The number of hydrogen-bond acceptors (Lipinski definition) is 2. The lowest BCUT2D eigenvalue weighted by Gasteiger charge is -2.34. The van der Waals surface area contributed by atoms with Gasteiger partial charge in [-0.15, -0.1) is 0 Å². The SMILES string of the molecule is CC1=CC(C)CC(C2OCCC2CNC(C)(C)C)C1. The van der Waals surface area contributed by atoms with Crippen LogP contribution in [0.4, 0.5) is 0 Å². The van der Waals surface area contributed by atoms with Crippen molar-refractivity contribution in [2.24, 2.45) is 17.8 Å². The first-order valence-corrected chi connectivity index (χ1v) is 7.89. The largest absolute Gasteiger partial charge is 0.378 e. The van der Waals surface area contributed by atoms with E-state index < -0.39 is 0 Å². The number of allylic oxidation sites excluding steroid dienone is 2. The van der Waals surface area contributed by atoms with Crippen LogP contribution >= 0.6 is 0 Å². The van der Waals surface area contributed by atoms with Crippen LogP contribution in [0.1, 0.15) is 53.9 Å². The van der Waals surface area contributed by atoms with Crippen molar-refractivity contribution >= 4 is 0 Å². The second-order valence-corrected chi connectivity index (χ2v) is 7.71. The van der Waals surface area contributed by atoms with E-state index in [1.807, 2.05) is 0 Å². The molecule has 2 nitrogen and oxygen atoms in total. The fourth-order valence-electron chi connectivity index (χ4n) is 3.68. The summed E-state index contributed by atoms with van der Waals surface area (Å²) in [6.45, 7) is 13.4. The molecule has 1 aliphatic carbocycles. The molecule has 4 atom stereocenters.